The average molecular weight is 615 g/mol. The monoisotopic (exact) mass is 614 g/mol. The Bertz CT molecular complexity index is 1760. The van der Waals surface area contributed by atoms with E-state index >= 15 is 0 Å². The van der Waals surface area contributed by atoms with E-state index in [1.165, 1.54) is 20.4 Å². The van der Waals surface area contributed by atoms with Crippen LogP contribution in [0.3, 0.4) is 0 Å². The van der Waals surface area contributed by atoms with E-state index in [2.05, 4.69) is 21.8 Å². The molecule has 10 nitrogen and oxygen atoms in total. The number of aliphatic carboxylic acids is 1. The van der Waals surface area contributed by atoms with Crippen LogP contribution in [0.25, 0.3) is 0 Å². The zero-order chi connectivity index (χ0) is 30.8. The van der Waals surface area contributed by atoms with Gasteiger partial charge in [0.05, 0.1) is 12.6 Å². The molecule has 1 aromatic heterocycles. The SMILES string of the molecule is COC1C(OC)(C(=O)O)C(=O)c2c(Cc3cnc(N)nc3N)cc(C#Cc3ccccc3)cc2[N+]1(C)Cc1ccccc1.Cl. The van der Waals surface area contributed by atoms with Gasteiger partial charge < -0.3 is 26.0 Å². The fraction of sp³-hybridized carbons (Fsp3) is 0.212. The molecule has 0 bridgehead atoms. The number of ketones is 1. The number of ether oxygens (including phenoxy) is 2. The number of Topliss-reactive ketones (excluding diaryl/α,β-unsaturated/α-hetero) is 1. The molecule has 0 radical (unpaired) electrons. The summed E-state index contributed by atoms with van der Waals surface area (Å²) in [5, 5.41) is 10.6. The van der Waals surface area contributed by atoms with E-state index < -0.39 is 23.6 Å². The summed E-state index contributed by atoms with van der Waals surface area (Å²) in [4.78, 5) is 35.6. The number of fused-ring (bicyclic) bond motifs is 1. The van der Waals surface area contributed by atoms with Gasteiger partial charge in [0.15, 0.2) is 0 Å². The number of carbonyl (C=O) groups is 2. The molecule has 0 amide bonds. The van der Waals surface area contributed by atoms with Gasteiger partial charge in [-0.05, 0) is 23.8 Å². The lowest BCUT2D eigenvalue weighted by Crippen LogP contribution is -2.73. The van der Waals surface area contributed by atoms with Gasteiger partial charge in [0.1, 0.15) is 18.1 Å². The van der Waals surface area contributed by atoms with Crippen molar-refractivity contribution in [2.24, 2.45) is 0 Å². The minimum Gasteiger partial charge on any atom is -0.478 e. The molecule has 5 N–H and O–H groups in total. The van der Waals surface area contributed by atoms with Crippen molar-refractivity contribution in [2.75, 3.05) is 32.7 Å². The number of aromatic nitrogens is 2. The molecule has 1 aliphatic heterocycles. The zero-order valence-electron chi connectivity index (χ0n) is 24.5. The van der Waals surface area contributed by atoms with Crippen LogP contribution in [0.1, 0.15) is 38.2 Å². The van der Waals surface area contributed by atoms with Gasteiger partial charge in [0, 0.05) is 55.2 Å². The first-order valence-corrected chi connectivity index (χ1v) is 13.5. The molecule has 0 saturated heterocycles. The number of carboxylic acids is 1. The van der Waals surface area contributed by atoms with Crippen molar-refractivity contribution in [3.8, 4) is 11.8 Å². The van der Waals surface area contributed by atoms with Gasteiger partial charge in [0.25, 0.3) is 0 Å². The number of benzene rings is 3. The highest BCUT2D eigenvalue weighted by Crippen LogP contribution is 2.46. The second kappa shape index (κ2) is 12.8. The first-order chi connectivity index (χ1) is 20.6. The Morgan fingerprint density at radius 1 is 1.00 bits per heavy atom. The molecule has 3 atom stereocenters. The van der Waals surface area contributed by atoms with E-state index in [0.717, 1.165) is 11.1 Å². The van der Waals surface area contributed by atoms with Gasteiger partial charge >= 0.3 is 11.6 Å². The number of halogens is 1. The molecule has 4 aromatic rings. The maximum atomic E-state index is 14.4. The van der Waals surface area contributed by atoms with Gasteiger partial charge in [0.2, 0.25) is 18.0 Å². The van der Waals surface area contributed by atoms with Gasteiger partial charge in [-0.2, -0.15) is 4.98 Å². The smallest absolute Gasteiger partial charge is 0.353 e. The lowest BCUT2D eigenvalue weighted by atomic mass is 9.79. The van der Waals surface area contributed by atoms with Gasteiger partial charge in [-0.1, -0.05) is 60.4 Å². The van der Waals surface area contributed by atoms with Gasteiger partial charge in [-0.3, -0.25) is 9.28 Å². The Kier molecular flexibility index (Phi) is 9.37. The summed E-state index contributed by atoms with van der Waals surface area (Å²) in [6, 6.07) is 22.7. The number of nitrogens with two attached hydrogens (primary N) is 2. The molecular formula is C33H33ClN5O5+. The Morgan fingerprint density at radius 3 is 2.23 bits per heavy atom. The van der Waals surface area contributed by atoms with Crippen molar-refractivity contribution in [1.82, 2.24) is 14.5 Å². The maximum Gasteiger partial charge on any atom is 0.353 e. The second-order valence-electron chi connectivity index (χ2n) is 10.5. The van der Waals surface area contributed by atoms with Crippen molar-refractivity contribution in [3.63, 3.8) is 0 Å². The quantitative estimate of drug-likeness (QED) is 0.160. The fourth-order valence-electron chi connectivity index (χ4n) is 5.84. The lowest BCUT2D eigenvalue weighted by Gasteiger charge is -2.50. The Hall–Kier alpha value is -4.79. The summed E-state index contributed by atoms with van der Waals surface area (Å²) in [5.74, 6) is 4.38. The van der Waals surface area contributed by atoms with Crippen LogP contribution in [0.2, 0.25) is 0 Å². The van der Waals surface area contributed by atoms with Crippen LogP contribution in [0.4, 0.5) is 17.5 Å². The van der Waals surface area contributed by atoms with Crippen LogP contribution in [0.15, 0.2) is 79.0 Å². The topological polar surface area (TPSA) is 151 Å². The molecule has 0 saturated carbocycles. The number of likely N-dealkylation sites (N-methyl/N-ethyl adjacent to an activating group) is 1. The minimum atomic E-state index is -2.35. The van der Waals surface area contributed by atoms with Crippen molar-refractivity contribution in [3.05, 3.63) is 112 Å². The number of carbonyl (C=O) groups excluding carboxylic acids is 1. The number of hydrogen-bond donors (Lipinski definition) is 3. The third-order valence-electron chi connectivity index (χ3n) is 7.82. The van der Waals surface area contributed by atoms with E-state index in [1.807, 2.05) is 73.8 Å². The van der Waals surface area contributed by atoms with E-state index in [4.69, 9.17) is 20.9 Å². The lowest BCUT2D eigenvalue weighted by molar-refractivity contribution is -0.189. The van der Waals surface area contributed by atoms with Gasteiger partial charge in [-0.25, -0.2) is 9.78 Å². The molecule has 226 valence electrons. The number of quaternary nitrogens is 1. The highest BCUT2D eigenvalue weighted by Gasteiger charge is 2.67. The predicted octanol–water partition coefficient (Wildman–Crippen LogP) is 3.83. The van der Waals surface area contributed by atoms with Crippen LogP contribution in [-0.4, -0.2) is 59.9 Å². The van der Waals surface area contributed by atoms with E-state index in [-0.39, 0.29) is 40.6 Å². The van der Waals surface area contributed by atoms with Crippen molar-refractivity contribution >= 4 is 41.6 Å². The minimum absolute atomic E-state index is 0. The van der Waals surface area contributed by atoms with Crippen molar-refractivity contribution in [1.29, 1.82) is 0 Å². The van der Waals surface area contributed by atoms with Gasteiger partial charge in [-0.15, -0.1) is 12.4 Å². The number of nitrogens with zero attached hydrogens (tertiary/aromatic N) is 3. The van der Waals surface area contributed by atoms with E-state index in [0.29, 0.717) is 28.9 Å². The summed E-state index contributed by atoms with van der Waals surface area (Å²) in [5.41, 5.74) is 13.7. The molecule has 44 heavy (non-hydrogen) atoms. The fourth-order valence-corrected chi connectivity index (χ4v) is 5.84. The van der Waals surface area contributed by atoms with Crippen LogP contribution in [-0.2, 0) is 27.2 Å². The predicted molar refractivity (Wildman–Crippen MR) is 170 cm³/mol. The summed E-state index contributed by atoms with van der Waals surface area (Å²) in [7, 11) is 4.43. The number of rotatable bonds is 7. The molecule has 11 heteroatoms. The molecule has 0 fully saturated rings. The van der Waals surface area contributed by atoms with Crippen LogP contribution in [0, 0.1) is 11.8 Å². The van der Waals surface area contributed by atoms with Crippen LogP contribution < -0.4 is 16.0 Å². The number of carboxylic acid groups (broad SMARTS) is 1. The maximum absolute atomic E-state index is 14.4. The Morgan fingerprint density at radius 2 is 1.64 bits per heavy atom. The van der Waals surface area contributed by atoms with Crippen LogP contribution in [0.5, 0.6) is 0 Å². The molecule has 0 aliphatic carbocycles. The molecule has 1 aliphatic rings. The number of anilines is 2. The molecular weight excluding hydrogens is 582 g/mol. The third-order valence-corrected chi connectivity index (χ3v) is 7.82. The Balaban J connectivity index is 0.00000442. The first-order valence-electron chi connectivity index (χ1n) is 13.5. The molecule has 0 spiro atoms. The normalized spacial score (nSPS) is 20.5. The summed E-state index contributed by atoms with van der Waals surface area (Å²) in [6.07, 6.45) is 0.366. The van der Waals surface area contributed by atoms with Crippen molar-refractivity contribution in [2.45, 2.75) is 24.8 Å². The number of nitrogen functional groups attached to an aromatic ring is 2. The largest absolute Gasteiger partial charge is 0.478 e. The average Bonchev–Trinajstić information content (AvgIpc) is 3.00. The highest BCUT2D eigenvalue weighted by atomic mass is 35.5. The highest BCUT2D eigenvalue weighted by molar-refractivity contribution is 6.20. The summed E-state index contributed by atoms with van der Waals surface area (Å²) in [6.45, 7) is 0.292. The zero-order valence-corrected chi connectivity index (χ0v) is 25.3. The van der Waals surface area contributed by atoms with Crippen molar-refractivity contribution < 1.29 is 24.2 Å². The standard InChI is InChI=1S/C33H31N5O5.ClH/c1-38(20-22-12-8-5-9-13-22)26-17-23(15-14-21-10-6-4-7-11-21)16-24(18-25-19-36-32(35)37-29(25)34)27(26)28(39)33(43-3,31(40)41)30(38)42-2;/h4-13,16-17,19,30H,18,20H2,1-3H3,(H4-,34,35,36,37,40,41);1H/p+1. The number of hydrogen-bond acceptors (Lipinski definition) is 8. The molecule has 3 unspecified atom stereocenters. The first kappa shape index (κ1) is 32.1. The van der Waals surface area contributed by atoms with E-state index in [1.54, 1.807) is 6.07 Å². The Labute approximate surface area is 261 Å². The molecule has 3 aromatic carbocycles. The van der Waals surface area contributed by atoms with E-state index in [9.17, 15) is 14.7 Å². The second-order valence-corrected chi connectivity index (χ2v) is 10.5. The summed E-state index contributed by atoms with van der Waals surface area (Å²) < 4.78 is 11.4. The van der Waals surface area contributed by atoms with Crippen LogP contribution >= 0.6 is 12.4 Å². The third kappa shape index (κ3) is 5.62. The molecule has 2 heterocycles. The molecule has 5 rings (SSSR count). The number of methoxy groups -OCH3 is 2. The summed E-state index contributed by atoms with van der Waals surface area (Å²) >= 11 is 0.